The molecule has 0 unspecified atom stereocenters. The van der Waals surface area contributed by atoms with E-state index >= 15 is 0 Å². The number of hydrogen-bond acceptors (Lipinski definition) is 4. The zero-order valence-corrected chi connectivity index (χ0v) is 15.5. The van der Waals surface area contributed by atoms with E-state index in [0.717, 1.165) is 45.7 Å². The highest BCUT2D eigenvalue weighted by Crippen LogP contribution is 2.20. The van der Waals surface area contributed by atoms with Crippen molar-refractivity contribution in [1.29, 1.82) is 0 Å². The van der Waals surface area contributed by atoms with Crippen LogP contribution < -0.4 is 4.90 Å². The monoisotopic (exact) mass is 338 g/mol. The first-order valence-corrected chi connectivity index (χ1v) is 9.41. The van der Waals surface area contributed by atoms with Crippen LogP contribution in [0, 0.1) is 0 Å². The first kappa shape index (κ1) is 17.9. The second-order valence-electron chi connectivity index (χ2n) is 6.82. The lowest BCUT2D eigenvalue weighted by Crippen LogP contribution is -2.48. The van der Waals surface area contributed by atoms with Crippen molar-refractivity contribution in [3.63, 3.8) is 0 Å². The SMILES string of the molecule is CC[C@@H](c1ccccn1)N(C)CCN1CCN(c2ccccc2)CC1. The molecule has 1 fully saturated rings. The maximum Gasteiger partial charge on any atom is 0.0575 e. The molecule has 0 bridgehead atoms. The number of hydrogen-bond donors (Lipinski definition) is 0. The summed E-state index contributed by atoms with van der Waals surface area (Å²) >= 11 is 0. The lowest BCUT2D eigenvalue weighted by molar-refractivity contribution is 0.178. The standard InChI is InChI=1S/C21H30N4/c1-3-21(20-11-7-8-12-22-20)23(2)13-14-24-15-17-25(18-16-24)19-9-5-4-6-10-19/h4-12,21H,3,13-18H2,1-2H3/t21-/m0/s1. The quantitative estimate of drug-likeness (QED) is 0.773. The molecule has 4 nitrogen and oxygen atoms in total. The van der Waals surface area contributed by atoms with Crippen LogP contribution in [0.3, 0.4) is 0 Å². The number of rotatable bonds is 7. The number of aromatic nitrogens is 1. The van der Waals surface area contributed by atoms with Crippen molar-refractivity contribution in [2.45, 2.75) is 19.4 Å². The minimum absolute atomic E-state index is 0.409. The van der Waals surface area contributed by atoms with Crippen LogP contribution >= 0.6 is 0 Å². The fraction of sp³-hybridized carbons (Fsp3) is 0.476. The van der Waals surface area contributed by atoms with Gasteiger partial charge in [-0.05, 0) is 37.7 Å². The van der Waals surface area contributed by atoms with Gasteiger partial charge in [0.05, 0.1) is 11.7 Å². The van der Waals surface area contributed by atoms with Crippen molar-refractivity contribution in [2.24, 2.45) is 0 Å². The van der Waals surface area contributed by atoms with Gasteiger partial charge in [-0.3, -0.25) is 14.8 Å². The number of para-hydroxylation sites is 1. The van der Waals surface area contributed by atoms with Gasteiger partial charge in [0.15, 0.2) is 0 Å². The van der Waals surface area contributed by atoms with E-state index in [2.05, 4.69) is 76.1 Å². The van der Waals surface area contributed by atoms with Crippen molar-refractivity contribution < 1.29 is 0 Å². The predicted octanol–water partition coefficient (Wildman–Crippen LogP) is 3.29. The van der Waals surface area contributed by atoms with E-state index in [0.29, 0.717) is 6.04 Å². The maximum absolute atomic E-state index is 4.55. The van der Waals surface area contributed by atoms with Crippen molar-refractivity contribution >= 4 is 5.69 Å². The van der Waals surface area contributed by atoms with Gasteiger partial charge in [0.25, 0.3) is 0 Å². The number of benzene rings is 1. The molecule has 1 aliphatic heterocycles. The van der Waals surface area contributed by atoms with Gasteiger partial charge in [0.2, 0.25) is 0 Å². The Kier molecular flexibility index (Phi) is 6.42. The summed E-state index contributed by atoms with van der Waals surface area (Å²) in [5.41, 5.74) is 2.53. The Morgan fingerprint density at radius 2 is 1.72 bits per heavy atom. The van der Waals surface area contributed by atoms with Gasteiger partial charge in [0.1, 0.15) is 0 Å². The first-order valence-electron chi connectivity index (χ1n) is 9.41. The molecule has 25 heavy (non-hydrogen) atoms. The van der Waals surface area contributed by atoms with Crippen LogP contribution in [-0.4, -0.2) is 61.1 Å². The van der Waals surface area contributed by atoms with Gasteiger partial charge in [-0.2, -0.15) is 0 Å². The summed E-state index contributed by atoms with van der Waals surface area (Å²) in [6.07, 6.45) is 2.99. The molecular weight excluding hydrogens is 308 g/mol. The van der Waals surface area contributed by atoms with Crippen LogP contribution in [0.25, 0.3) is 0 Å². The van der Waals surface area contributed by atoms with Crippen LogP contribution in [-0.2, 0) is 0 Å². The van der Waals surface area contributed by atoms with Crippen LogP contribution in [0.4, 0.5) is 5.69 Å². The van der Waals surface area contributed by atoms with Crippen LogP contribution in [0.15, 0.2) is 54.7 Å². The van der Waals surface area contributed by atoms with Gasteiger partial charge in [0, 0.05) is 51.2 Å². The third kappa shape index (κ3) is 4.80. The molecule has 1 atom stereocenters. The molecule has 0 amide bonds. The van der Waals surface area contributed by atoms with Crippen LogP contribution in [0.5, 0.6) is 0 Å². The van der Waals surface area contributed by atoms with Crippen LogP contribution in [0.2, 0.25) is 0 Å². The Morgan fingerprint density at radius 3 is 2.36 bits per heavy atom. The number of piperazine rings is 1. The molecule has 1 saturated heterocycles. The molecule has 2 aromatic rings. The van der Waals surface area contributed by atoms with E-state index in [1.165, 1.54) is 11.4 Å². The third-order valence-electron chi connectivity index (χ3n) is 5.21. The van der Waals surface area contributed by atoms with Crippen molar-refractivity contribution in [2.75, 3.05) is 51.2 Å². The summed E-state index contributed by atoms with van der Waals surface area (Å²) < 4.78 is 0. The topological polar surface area (TPSA) is 22.6 Å². The summed E-state index contributed by atoms with van der Waals surface area (Å²) in [7, 11) is 2.23. The molecule has 2 heterocycles. The molecule has 1 aromatic carbocycles. The fourth-order valence-electron chi connectivity index (χ4n) is 3.64. The van der Waals surface area contributed by atoms with E-state index < -0.39 is 0 Å². The second-order valence-corrected chi connectivity index (χ2v) is 6.82. The lowest BCUT2D eigenvalue weighted by atomic mass is 10.1. The minimum atomic E-state index is 0.409. The molecule has 134 valence electrons. The third-order valence-corrected chi connectivity index (χ3v) is 5.21. The average molecular weight is 338 g/mol. The molecule has 0 saturated carbocycles. The van der Waals surface area contributed by atoms with Gasteiger partial charge in [-0.15, -0.1) is 0 Å². The first-order chi connectivity index (χ1) is 12.3. The lowest BCUT2D eigenvalue weighted by Gasteiger charge is -2.37. The highest BCUT2D eigenvalue weighted by molar-refractivity contribution is 5.46. The van der Waals surface area contributed by atoms with Crippen LogP contribution in [0.1, 0.15) is 25.1 Å². The number of pyridine rings is 1. The Morgan fingerprint density at radius 1 is 1.00 bits per heavy atom. The molecule has 4 heteroatoms. The smallest absolute Gasteiger partial charge is 0.0575 e. The van der Waals surface area contributed by atoms with Crippen molar-refractivity contribution in [3.05, 3.63) is 60.4 Å². The summed E-state index contributed by atoms with van der Waals surface area (Å²) in [6, 6.07) is 17.4. The summed E-state index contributed by atoms with van der Waals surface area (Å²) in [6.45, 7) is 8.97. The second kappa shape index (κ2) is 8.97. The molecule has 0 spiro atoms. The van der Waals surface area contributed by atoms with Gasteiger partial charge in [-0.1, -0.05) is 31.2 Å². The Hall–Kier alpha value is -1.91. The zero-order valence-electron chi connectivity index (χ0n) is 15.5. The molecule has 0 aliphatic carbocycles. The van der Waals surface area contributed by atoms with Gasteiger partial charge >= 0.3 is 0 Å². The summed E-state index contributed by atoms with van der Waals surface area (Å²) in [5, 5.41) is 0. The molecule has 3 rings (SSSR count). The van der Waals surface area contributed by atoms with Crippen molar-refractivity contribution in [1.82, 2.24) is 14.8 Å². The molecule has 0 N–H and O–H groups in total. The maximum atomic E-state index is 4.55. The number of likely N-dealkylation sites (N-methyl/N-ethyl adjacent to an activating group) is 1. The highest BCUT2D eigenvalue weighted by Gasteiger charge is 2.20. The molecule has 0 radical (unpaired) electrons. The largest absolute Gasteiger partial charge is 0.369 e. The number of nitrogens with zero attached hydrogens (tertiary/aromatic N) is 4. The van der Waals surface area contributed by atoms with E-state index in [1.807, 2.05) is 12.3 Å². The molecule has 1 aliphatic rings. The fourth-order valence-corrected chi connectivity index (χ4v) is 3.64. The Balaban J connectivity index is 1.46. The van der Waals surface area contributed by atoms with E-state index in [1.54, 1.807) is 0 Å². The summed E-state index contributed by atoms with van der Waals surface area (Å²) in [4.78, 5) is 12.1. The normalized spacial score (nSPS) is 17.0. The van der Waals surface area contributed by atoms with E-state index in [-0.39, 0.29) is 0 Å². The van der Waals surface area contributed by atoms with Gasteiger partial charge < -0.3 is 4.90 Å². The zero-order chi connectivity index (χ0) is 17.5. The van der Waals surface area contributed by atoms with E-state index in [4.69, 9.17) is 0 Å². The Labute approximate surface area is 152 Å². The van der Waals surface area contributed by atoms with Gasteiger partial charge in [-0.25, -0.2) is 0 Å². The predicted molar refractivity (Wildman–Crippen MR) is 105 cm³/mol. The molecular formula is C21H30N4. The Bertz CT molecular complexity index is 608. The summed E-state index contributed by atoms with van der Waals surface area (Å²) in [5.74, 6) is 0. The molecule has 1 aromatic heterocycles. The van der Waals surface area contributed by atoms with E-state index in [9.17, 15) is 0 Å². The van der Waals surface area contributed by atoms with Crippen molar-refractivity contribution in [3.8, 4) is 0 Å². The minimum Gasteiger partial charge on any atom is -0.369 e. The highest BCUT2D eigenvalue weighted by atomic mass is 15.3. The average Bonchev–Trinajstić information content (AvgIpc) is 2.69. The number of anilines is 1.